The molecule has 0 amide bonds. The highest BCUT2D eigenvalue weighted by atomic mass is 79.9. The first kappa shape index (κ1) is 13.5. The average Bonchev–Trinajstić information content (AvgIpc) is 2.62. The van der Waals surface area contributed by atoms with E-state index < -0.39 is 0 Å². The van der Waals surface area contributed by atoms with Crippen LogP contribution in [0.25, 0.3) is 0 Å². The smallest absolute Gasteiger partial charge is 0.0567 e. The number of hydrogen-bond donors (Lipinski definition) is 1. The first-order chi connectivity index (χ1) is 8.22. The van der Waals surface area contributed by atoms with Crippen molar-refractivity contribution in [3.63, 3.8) is 0 Å². The minimum atomic E-state index is 0.402. The van der Waals surface area contributed by atoms with Crippen LogP contribution in [0.4, 0.5) is 0 Å². The fourth-order valence-corrected chi connectivity index (χ4v) is 4.26. The predicted octanol–water partition coefficient (Wildman–Crippen LogP) is 3.77. The van der Waals surface area contributed by atoms with Gasteiger partial charge in [0.05, 0.1) is 6.04 Å². The van der Waals surface area contributed by atoms with Gasteiger partial charge in [-0.15, -0.1) is 11.3 Å². The Hall–Kier alpha value is 0.1000. The molecule has 2 unspecified atom stereocenters. The second-order valence-electron chi connectivity index (χ2n) is 4.85. The Morgan fingerprint density at radius 2 is 2.35 bits per heavy atom. The first-order valence-electron chi connectivity index (χ1n) is 6.42. The lowest BCUT2D eigenvalue weighted by Crippen LogP contribution is -2.39. The van der Waals surface area contributed by atoms with Crippen LogP contribution >= 0.6 is 27.3 Å². The lowest BCUT2D eigenvalue weighted by atomic mass is 10.1. The van der Waals surface area contributed by atoms with Gasteiger partial charge in [0.1, 0.15) is 0 Å². The van der Waals surface area contributed by atoms with Gasteiger partial charge in [-0.1, -0.05) is 12.8 Å². The minimum Gasteiger partial charge on any atom is -0.329 e. The minimum absolute atomic E-state index is 0.402. The molecular weight excluding hydrogens is 296 g/mol. The summed E-state index contributed by atoms with van der Waals surface area (Å²) >= 11 is 5.35. The zero-order valence-electron chi connectivity index (χ0n) is 10.4. The van der Waals surface area contributed by atoms with Crippen LogP contribution in [0.2, 0.25) is 0 Å². The van der Waals surface area contributed by atoms with E-state index in [2.05, 4.69) is 39.2 Å². The Kier molecular flexibility index (Phi) is 5.03. The van der Waals surface area contributed by atoms with Crippen LogP contribution in [0, 0.1) is 0 Å². The standard InChI is InChI=1S/C13H21BrN2S/c1-10-5-3-2-4-6-16(10)12(8-15)13-7-11(14)9-17-13/h7,9-10,12H,2-6,8,15H2,1H3. The molecule has 0 spiro atoms. The number of thiophene rings is 1. The van der Waals surface area contributed by atoms with Crippen LogP contribution in [-0.2, 0) is 0 Å². The fourth-order valence-electron chi connectivity index (χ4n) is 2.68. The molecule has 1 aromatic heterocycles. The summed E-state index contributed by atoms with van der Waals surface area (Å²) in [6, 6.07) is 3.28. The number of rotatable bonds is 3. The quantitative estimate of drug-likeness (QED) is 0.919. The van der Waals surface area contributed by atoms with Gasteiger partial charge in [-0.2, -0.15) is 0 Å². The Balaban J connectivity index is 2.15. The summed E-state index contributed by atoms with van der Waals surface area (Å²) in [4.78, 5) is 4.00. The van der Waals surface area contributed by atoms with Crippen LogP contribution in [0.5, 0.6) is 0 Å². The number of likely N-dealkylation sites (tertiary alicyclic amines) is 1. The Labute approximate surface area is 116 Å². The van der Waals surface area contributed by atoms with E-state index in [1.165, 1.54) is 41.6 Å². The van der Waals surface area contributed by atoms with Crippen molar-refractivity contribution in [2.75, 3.05) is 13.1 Å². The van der Waals surface area contributed by atoms with E-state index in [0.29, 0.717) is 12.1 Å². The third-order valence-corrected chi connectivity index (χ3v) is 5.44. The monoisotopic (exact) mass is 316 g/mol. The molecule has 4 heteroatoms. The molecule has 2 rings (SSSR count). The molecule has 0 aromatic carbocycles. The zero-order valence-corrected chi connectivity index (χ0v) is 12.8. The van der Waals surface area contributed by atoms with E-state index in [0.717, 1.165) is 6.54 Å². The van der Waals surface area contributed by atoms with Crippen molar-refractivity contribution in [2.45, 2.75) is 44.7 Å². The van der Waals surface area contributed by atoms with Crippen molar-refractivity contribution >= 4 is 27.3 Å². The summed E-state index contributed by atoms with van der Waals surface area (Å²) in [6.45, 7) is 4.26. The molecular formula is C13H21BrN2S. The average molecular weight is 317 g/mol. The van der Waals surface area contributed by atoms with Gasteiger partial charge in [0.15, 0.2) is 0 Å². The third-order valence-electron chi connectivity index (χ3n) is 3.64. The molecule has 17 heavy (non-hydrogen) atoms. The summed E-state index contributed by atoms with van der Waals surface area (Å²) in [5.41, 5.74) is 6.01. The van der Waals surface area contributed by atoms with Crippen LogP contribution in [0.15, 0.2) is 15.9 Å². The third kappa shape index (κ3) is 3.31. The summed E-state index contributed by atoms with van der Waals surface area (Å²) in [7, 11) is 0. The highest BCUT2D eigenvalue weighted by Gasteiger charge is 2.26. The maximum Gasteiger partial charge on any atom is 0.0567 e. The number of nitrogens with zero attached hydrogens (tertiary/aromatic N) is 1. The topological polar surface area (TPSA) is 29.3 Å². The summed E-state index contributed by atoms with van der Waals surface area (Å²) < 4.78 is 1.18. The van der Waals surface area contributed by atoms with E-state index in [1.54, 1.807) is 0 Å². The normalized spacial score (nSPS) is 24.5. The van der Waals surface area contributed by atoms with Crippen molar-refractivity contribution in [1.82, 2.24) is 4.90 Å². The molecule has 96 valence electrons. The maximum absolute atomic E-state index is 6.01. The summed E-state index contributed by atoms with van der Waals surface area (Å²) in [5, 5.41) is 2.15. The van der Waals surface area contributed by atoms with Gasteiger partial charge in [0, 0.05) is 27.3 Å². The first-order valence-corrected chi connectivity index (χ1v) is 8.09. The largest absolute Gasteiger partial charge is 0.329 e. The van der Waals surface area contributed by atoms with E-state index in [1.807, 2.05) is 11.3 Å². The van der Waals surface area contributed by atoms with E-state index in [9.17, 15) is 0 Å². The number of hydrogen-bond acceptors (Lipinski definition) is 3. The molecule has 1 aliphatic rings. The molecule has 2 atom stereocenters. The van der Waals surface area contributed by atoms with Crippen LogP contribution < -0.4 is 5.73 Å². The Bertz CT molecular complexity index is 353. The molecule has 1 aliphatic heterocycles. The van der Waals surface area contributed by atoms with E-state index in [4.69, 9.17) is 5.73 Å². The zero-order chi connectivity index (χ0) is 12.3. The molecule has 0 saturated carbocycles. The van der Waals surface area contributed by atoms with Gasteiger partial charge in [-0.3, -0.25) is 4.90 Å². The van der Waals surface area contributed by atoms with Crippen molar-refractivity contribution in [2.24, 2.45) is 5.73 Å². The van der Waals surface area contributed by atoms with Gasteiger partial charge in [0.25, 0.3) is 0 Å². The van der Waals surface area contributed by atoms with Crippen LogP contribution in [-0.4, -0.2) is 24.0 Å². The van der Waals surface area contributed by atoms with Gasteiger partial charge >= 0.3 is 0 Å². The van der Waals surface area contributed by atoms with Crippen LogP contribution in [0.3, 0.4) is 0 Å². The molecule has 0 bridgehead atoms. The maximum atomic E-state index is 6.01. The molecule has 1 aromatic rings. The Morgan fingerprint density at radius 3 is 3.00 bits per heavy atom. The SMILES string of the molecule is CC1CCCCCN1C(CN)c1cc(Br)cs1. The molecule has 2 nitrogen and oxygen atoms in total. The fraction of sp³-hybridized carbons (Fsp3) is 0.692. The number of halogens is 1. The van der Waals surface area contributed by atoms with Gasteiger partial charge < -0.3 is 5.73 Å². The lowest BCUT2D eigenvalue weighted by molar-refractivity contribution is 0.153. The highest BCUT2D eigenvalue weighted by molar-refractivity contribution is 9.10. The molecule has 0 radical (unpaired) electrons. The Morgan fingerprint density at radius 1 is 1.53 bits per heavy atom. The van der Waals surface area contributed by atoms with Crippen molar-refractivity contribution in [3.05, 3.63) is 20.8 Å². The molecule has 0 aliphatic carbocycles. The molecule has 1 fully saturated rings. The van der Waals surface area contributed by atoms with Crippen molar-refractivity contribution < 1.29 is 0 Å². The highest BCUT2D eigenvalue weighted by Crippen LogP contribution is 2.32. The van der Waals surface area contributed by atoms with E-state index in [-0.39, 0.29) is 0 Å². The second kappa shape index (κ2) is 6.32. The van der Waals surface area contributed by atoms with Crippen molar-refractivity contribution in [1.29, 1.82) is 0 Å². The molecule has 2 heterocycles. The predicted molar refractivity (Wildman–Crippen MR) is 78.5 cm³/mol. The van der Waals surface area contributed by atoms with Crippen molar-refractivity contribution in [3.8, 4) is 0 Å². The lowest BCUT2D eigenvalue weighted by Gasteiger charge is -2.34. The van der Waals surface area contributed by atoms with Gasteiger partial charge in [0.2, 0.25) is 0 Å². The second-order valence-corrected chi connectivity index (χ2v) is 6.71. The van der Waals surface area contributed by atoms with Crippen LogP contribution in [0.1, 0.15) is 43.5 Å². The summed E-state index contributed by atoms with van der Waals surface area (Å²) in [5.74, 6) is 0. The van der Waals surface area contributed by atoms with Gasteiger partial charge in [-0.25, -0.2) is 0 Å². The van der Waals surface area contributed by atoms with E-state index >= 15 is 0 Å². The van der Waals surface area contributed by atoms with Gasteiger partial charge in [-0.05, 0) is 48.3 Å². The summed E-state index contributed by atoms with van der Waals surface area (Å²) in [6.07, 6.45) is 5.35. The molecule has 1 saturated heterocycles. The molecule has 2 N–H and O–H groups in total. The number of nitrogens with two attached hydrogens (primary N) is 1.